The summed E-state index contributed by atoms with van der Waals surface area (Å²) in [6.45, 7) is 0. The van der Waals surface area contributed by atoms with Gasteiger partial charge in [-0.15, -0.1) is 0 Å². The molecular weight excluding hydrogens is 750 g/mol. The SMILES string of the molecule is N#Cc1cc(-n2c3ccc(-c4cc(C(F)(F)F)cc(C(F)(F)F)c4)cc3c3cc(-c4cc(C(F)(F)F)cc(C(F)(F)F)c4)ccc32)ccc1-c1ccncc1. The summed E-state index contributed by atoms with van der Waals surface area (Å²) in [7, 11) is 0. The first-order chi connectivity index (χ1) is 25.7. The third-order valence-corrected chi connectivity index (χ3v) is 8.98. The van der Waals surface area contributed by atoms with E-state index in [9.17, 15) is 57.9 Å². The molecule has 0 bridgehead atoms. The van der Waals surface area contributed by atoms with Crippen LogP contribution < -0.4 is 0 Å². The van der Waals surface area contributed by atoms with Gasteiger partial charge in [0.15, 0.2) is 0 Å². The number of aromatic nitrogens is 2. The first-order valence-corrected chi connectivity index (χ1v) is 15.9. The molecule has 0 saturated carbocycles. The van der Waals surface area contributed by atoms with E-state index in [0.717, 1.165) is 0 Å². The molecule has 0 aliphatic rings. The maximum atomic E-state index is 13.8. The molecule has 278 valence electrons. The predicted octanol–water partition coefficient (Wildman–Crippen LogP) is 13.1. The van der Waals surface area contributed by atoms with Crippen molar-refractivity contribution >= 4 is 21.8 Å². The van der Waals surface area contributed by atoms with E-state index in [1.165, 1.54) is 54.9 Å². The van der Waals surface area contributed by atoms with Crippen LogP contribution in [-0.2, 0) is 24.7 Å². The van der Waals surface area contributed by atoms with Crippen molar-refractivity contribution in [3.8, 4) is 45.1 Å². The lowest BCUT2D eigenvalue weighted by Crippen LogP contribution is -2.11. The molecule has 3 nitrogen and oxygen atoms in total. The number of pyridine rings is 1. The Morgan fingerprint density at radius 1 is 0.436 bits per heavy atom. The number of benzene rings is 5. The summed E-state index contributed by atoms with van der Waals surface area (Å²) in [6.07, 6.45) is -17.5. The lowest BCUT2D eigenvalue weighted by molar-refractivity contribution is -0.144. The zero-order valence-corrected chi connectivity index (χ0v) is 27.3. The molecular formula is C40H19F12N3. The van der Waals surface area contributed by atoms with Crippen molar-refractivity contribution in [2.75, 3.05) is 0 Å². The minimum Gasteiger partial charge on any atom is -0.309 e. The molecule has 0 N–H and O–H groups in total. The molecule has 0 atom stereocenters. The van der Waals surface area contributed by atoms with E-state index in [0.29, 0.717) is 52.1 Å². The van der Waals surface area contributed by atoms with Crippen LogP contribution in [-0.4, -0.2) is 9.55 Å². The number of alkyl halides is 12. The Balaban J connectivity index is 1.51. The normalized spacial score (nSPS) is 12.7. The molecule has 0 unspecified atom stereocenters. The largest absolute Gasteiger partial charge is 0.416 e. The van der Waals surface area contributed by atoms with Gasteiger partial charge in [0, 0.05) is 28.9 Å². The minimum absolute atomic E-state index is 0.0210. The fourth-order valence-corrected chi connectivity index (χ4v) is 6.45. The summed E-state index contributed by atoms with van der Waals surface area (Å²) in [5, 5.41) is 10.4. The minimum atomic E-state index is -5.15. The second-order valence-corrected chi connectivity index (χ2v) is 12.5. The number of rotatable bonds is 4. The molecule has 0 amide bonds. The average molecular weight is 770 g/mol. The van der Waals surface area contributed by atoms with Gasteiger partial charge in [-0.1, -0.05) is 18.2 Å². The van der Waals surface area contributed by atoms with Gasteiger partial charge in [0.25, 0.3) is 0 Å². The Morgan fingerprint density at radius 2 is 0.855 bits per heavy atom. The van der Waals surface area contributed by atoms with Crippen LogP contribution in [0.25, 0.3) is 60.9 Å². The molecule has 0 aliphatic heterocycles. The highest BCUT2D eigenvalue weighted by molar-refractivity contribution is 6.11. The lowest BCUT2D eigenvalue weighted by Gasteiger charge is -2.15. The van der Waals surface area contributed by atoms with Crippen molar-refractivity contribution in [3.63, 3.8) is 0 Å². The smallest absolute Gasteiger partial charge is 0.309 e. The standard InChI is InChI=1S/C40H19F12N3/c41-37(42,43)27-11-24(12-28(18-27)38(44,45)46)22-1-5-35-33(16-22)34-17-23(25-13-29(39(47,48)49)19-30(14-25)40(50,51)52)2-6-36(34)55(35)31-3-4-32(26(15-31)20-53)21-7-9-54-10-8-21/h1-19H. The maximum absolute atomic E-state index is 13.8. The van der Waals surface area contributed by atoms with Gasteiger partial charge in [-0.2, -0.15) is 57.9 Å². The van der Waals surface area contributed by atoms with Crippen LogP contribution in [0, 0.1) is 11.3 Å². The Bertz CT molecular complexity index is 2460. The van der Waals surface area contributed by atoms with Crippen LogP contribution in [0.4, 0.5) is 52.7 Å². The summed E-state index contributed by atoms with van der Waals surface area (Å²) in [4.78, 5) is 3.97. The van der Waals surface area contributed by atoms with E-state index < -0.39 is 58.1 Å². The highest BCUT2D eigenvalue weighted by atomic mass is 19.4. The van der Waals surface area contributed by atoms with Crippen molar-refractivity contribution in [1.29, 1.82) is 5.26 Å². The van der Waals surface area contributed by atoms with Crippen molar-refractivity contribution in [3.05, 3.63) is 143 Å². The molecule has 0 fully saturated rings. The molecule has 7 rings (SSSR count). The van der Waals surface area contributed by atoms with Gasteiger partial charge in [-0.25, -0.2) is 0 Å². The molecule has 0 aliphatic carbocycles. The summed E-state index contributed by atoms with van der Waals surface area (Å²) in [6, 6.07) is 20.4. The second-order valence-electron chi connectivity index (χ2n) is 12.5. The highest BCUT2D eigenvalue weighted by Gasteiger charge is 2.38. The number of hydrogen-bond acceptors (Lipinski definition) is 2. The van der Waals surface area contributed by atoms with Gasteiger partial charge in [-0.3, -0.25) is 4.98 Å². The van der Waals surface area contributed by atoms with Gasteiger partial charge >= 0.3 is 24.7 Å². The molecule has 5 aromatic carbocycles. The van der Waals surface area contributed by atoms with Crippen LogP contribution in [0.3, 0.4) is 0 Å². The van der Waals surface area contributed by atoms with Gasteiger partial charge in [0.1, 0.15) is 0 Å². The van der Waals surface area contributed by atoms with E-state index in [-0.39, 0.29) is 39.6 Å². The van der Waals surface area contributed by atoms with Crippen molar-refractivity contribution in [2.24, 2.45) is 0 Å². The zero-order chi connectivity index (χ0) is 39.7. The van der Waals surface area contributed by atoms with Crippen molar-refractivity contribution < 1.29 is 52.7 Å². The molecule has 0 saturated heterocycles. The quantitative estimate of drug-likeness (QED) is 0.167. The Labute approximate surface area is 302 Å². The molecule has 2 aromatic heterocycles. The molecule has 0 spiro atoms. The molecule has 7 aromatic rings. The van der Waals surface area contributed by atoms with E-state index in [2.05, 4.69) is 11.1 Å². The number of nitrogens with zero attached hydrogens (tertiary/aromatic N) is 3. The lowest BCUT2D eigenvalue weighted by atomic mass is 9.96. The number of nitriles is 1. The van der Waals surface area contributed by atoms with Crippen LogP contribution >= 0.6 is 0 Å². The first kappa shape index (κ1) is 37.0. The monoisotopic (exact) mass is 769 g/mol. The summed E-state index contributed by atoms with van der Waals surface area (Å²) in [5.74, 6) is 0. The fourth-order valence-electron chi connectivity index (χ4n) is 6.45. The van der Waals surface area contributed by atoms with E-state index in [4.69, 9.17) is 0 Å². The van der Waals surface area contributed by atoms with Gasteiger partial charge in [0.2, 0.25) is 0 Å². The third-order valence-electron chi connectivity index (χ3n) is 8.98. The van der Waals surface area contributed by atoms with Crippen molar-refractivity contribution in [1.82, 2.24) is 9.55 Å². The van der Waals surface area contributed by atoms with Crippen LogP contribution in [0.5, 0.6) is 0 Å². The fraction of sp³-hybridized carbons (Fsp3) is 0.100. The van der Waals surface area contributed by atoms with Crippen molar-refractivity contribution in [2.45, 2.75) is 24.7 Å². The first-order valence-electron chi connectivity index (χ1n) is 15.9. The van der Waals surface area contributed by atoms with E-state index >= 15 is 0 Å². The molecule has 55 heavy (non-hydrogen) atoms. The highest BCUT2D eigenvalue weighted by Crippen LogP contribution is 2.43. The molecule has 15 heteroatoms. The van der Waals surface area contributed by atoms with E-state index in [1.807, 2.05) is 0 Å². The number of fused-ring (bicyclic) bond motifs is 3. The Kier molecular flexibility index (Phi) is 8.71. The van der Waals surface area contributed by atoms with Crippen LogP contribution in [0.15, 0.2) is 116 Å². The Morgan fingerprint density at radius 3 is 1.24 bits per heavy atom. The Hall–Kier alpha value is -6.30. The summed E-state index contributed by atoms with van der Waals surface area (Å²) >= 11 is 0. The summed E-state index contributed by atoms with van der Waals surface area (Å²) in [5.41, 5.74) is -4.99. The van der Waals surface area contributed by atoms with E-state index in [1.54, 1.807) is 28.8 Å². The second kappa shape index (κ2) is 12.9. The van der Waals surface area contributed by atoms with Crippen LogP contribution in [0.1, 0.15) is 27.8 Å². The number of hydrogen-bond donors (Lipinski definition) is 0. The molecule has 0 radical (unpaired) electrons. The predicted molar refractivity (Wildman–Crippen MR) is 180 cm³/mol. The van der Waals surface area contributed by atoms with Gasteiger partial charge < -0.3 is 4.57 Å². The van der Waals surface area contributed by atoms with Crippen LogP contribution in [0.2, 0.25) is 0 Å². The average Bonchev–Trinajstić information content (AvgIpc) is 3.46. The molecule has 2 heterocycles. The number of halogens is 12. The van der Waals surface area contributed by atoms with Gasteiger partial charge in [0.05, 0.1) is 44.9 Å². The topological polar surface area (TPSA) is 41.6 Å². The zero-order valence-electron chi connectivity index (χ0n) is 27.3. The van der Waals surface area contributed by atoms with Gasteiger partial charge in [-0.05, 0) is 118 Å². The summed E-state index contributed by atoms with van der Waals surface area (Å²) < 4.78 is 167. The third kappa shape index (κ3) is 7.07. The maximum Gasteiger partial charge on any atom is 0.416 e.